The van der Waals surface area contributed by atoms with Crippen molar-refractivity contribution in [2.45, 2.75) is 0 Å². The SMILES string of the molecule is Nc1nc2c(Cl)cc(F)cn2n1. The van der Waals surface area contributed by atoms with Gasteiger partial charge in [-0.15, -0.1) is 5.10 Å². The van der Waals surface area contributed by atoms with E-state index in [0.29, 0.717) is 5.65 Å². The highest BCUT2D eigenvalue weighted by atomic mass is 35.5. The number of anilines is 1. The molecule has 0 spiro atoms. The molecule has 12 heavy (non-hydrogen) atoms. The first-order valence-electron chi connectivity index (χ1n) is 3.14. The average Bonchev–Trinajstić information content (AvgIpc) is 2.29. The van der Waals surface area contributed by atoms with Gasteiger partial charge in [0.15, 0.2) is 5.65 Å². The van der Waals surface area contributed by atoms with Crippen molar-refractivity contribution in [2.75, 3.05) is 5.73 Å². The maximum Gasteiger partial charge on any atom is 0.240 e. The lowest BCUT2D eigenvalue weighted by Gasteiger charge is -1.92. The number of nitrogens with two attached hydrogens (primary N) is 1. The van der Waals surface area contributed by atoms with E-state index in [1.165, 1.54) is 4.52 Å². The van der Waals surface area contributed by atoms with Crippen molar-refractivity contribution in [3.63, 3.8) is 0 Å². The van der Waals surface area contributed by atoms with Crippen LogP contribution in [0.1, 0.15) is 0 Å². The Morgan fingerprint density at radius 3 is 3.08 bits per heavy atom. The third kappa shape index (κ3) is 0.984. The molecule has 62 valence electrons. The first-order valence-corrected chi connectivity index (χ1v) is 3.51. The Labute approximate surface area is 71.8 Å². The van der Waals surface area contributed by atoms with Gasteiger partial charge in [0.05, 0.1) is 11.2 Å². The average molecular weight is 187 g/mol. The largest absolute Gasteiger partial charge is 0.366 e. The summed E-state index contributed by atoms with van der Waals surface area (Å²) < 4.78 is 13.9. The molecule has 4 nitrogen and oxygen atoms in total. The summed E-state index contributed by atoms with van der Waals surface area (Å²) in [5.74, 6) is -0.403. The summed E-state index contributed by atoms with van der Waals surface area (Å²) in [4.78, 5) is 3.78. The van der Waals surface area contributed by atoms with E-state index in [9.17, 15) is 4.39 Å². The lowest BCUT2D eigenvalue weighted by Crippen LogP contribution is -1.90. The van der Waals surface area contributed by atoms with Crippen molar-refractivity contribution in [1.82, 2.24) is 14.6 Å². The van der Waals surface area contributed by atoms with E-state index in [0.717, 1.165) is 12.3 Å². The van der Waals surface area contributed by atoms with Gasteiger partial charge in [-0.1, -0.05) is 11.6 Å². The second kappa shape index (κ2) is 2.31. The highest BCUT2D eigenvalue weighted by molar-refractivity contribution is 6.33. The van der Waals surface area contributed by atoms with Crippen LogP contribution in [0.15, 0.2) is 12.3 Å². The van der Waals surface area contributed by atoms with Gasteiger partial charge < -0.3 is 5.73 Å². The second-order valence-corrected chi connectivity index (χ2v) is 2.65. The molecule has 0 unspecified atom stereocenters. The molecule has 2 aromatic rings. The Morgan fingerprint density at radius 2 is 2.33 bits per heavy atom. The summed E-state index contributed by atoms with van der Waals surface area (Å²) in [7, 11) is 0. The van der Waals surface area contributed by atoms with Crippen LogP contribution in [-0.4, -0.2) is 14.6 Å². The topological polar surface area (TPSA) is 56.2 Å². The number of hydrogen-bond acceptors (Lipinski definition) is 3. The number of hydrogen-bond donors (Lipinski definition) is 1. The molecule has 0 aliphatic heterocycles. The zero-order chi connectivity index (χ0) is 8.72. The first-order chi connectivity index (χ1) is 5.66. The summed E-state index contributed by atoms with van der Waals surface area (Å²) >= 11 is 5.66. The van der Waals surface area contributed by atoms with Gasteiger partial charge in [-0.05, 0) is 6.07 Å². The predicted octanol–water partition coefficient (Wildman–Crippen LogP) is 1.10. The van der Waals surface area contributed by atoms with E-state index in [-0.39, 0.29) is 11.0 Å². The standard InChI is InChI=1S/C6H4ClFN4/c7-4-1-3(8)2-12-5(4)10-6(9)11-12/h1-2H,(H2,9,11). The van der Waals surface area contributed by atoms with Gasteiger partial charge in [0.25, 0.3) is 0 Å². The molecule has 0 saturated carbocycles. The molecule has 0 bridgehead atoms. The van der Waals surface area contributed by atoms with Gasteiger partial charge in [-0.2, -0.15) is 4.98 Å². The quantitative estimate of drug-likeness (QED) is 0.671. The van der Waals surface area contributed by atoms with Crippen LogP contribution in [0.4, 0.5) is 10.3 Å². The molecule has 0 aromatic carbocycles. The van der Waals surface area contributed by atoms with Crippen molar-refractivity contribution in [1.29, 1.82) is 0 Å². The molecule has 2 aromatic heterocycles. The fourth-order valence-corrected chi connectivity index (χ4v) is 1.17. The molecular formula is C6H4ClFN4. The molecule has 2 N–H and O–H groups in total. The highest BCUT2D eigenvalue weighted by Crippen LogP contribution is 2.16. The van der Waals surface area contributed by atoms with Crippen molar-refractivity contribution >= 4 is 23.2 Å². The van der Waals surface area contributed by atoms with Crippen LogP contribution in [0, 0.1) is 5.82 Å². The Kier molecular flexibility index (Phi) is 1.41. The third-order valence-corrected chi connectivity index (χ3v) is 1.65. The Bertz CT molecular complexity index is 438. The molecule has 2 heterocycles. The van der Waals surface area contributed by atoms with Gasteiger partial charge >= 0.3 is 0 Å². The normalized spacial score (nSPS) is 10.8. The molecule has 6 heteroatoms. The zero-order valence-electron chi connectivity index (χ0n) is 5.83. The Morgan fingerprint density at radius 1 is 1.58 bits per heavy atom. The van der Waals surface area contributed by atoms with Crippen LogP contribution in [0.5, 0.6) is 0 Å². The molecule has 0 amide bonds. The first kappa shape index (κ1) is 7.30. The number of nitrogens with zero attached hydrogens (tertiary/aromatic N) is 3. The zero-order valence-corrected chi connectivity index (χ0v) is 6.59. The van der Waals surface area contributed by atoms with Crippen LogP contribution in [0.25, 0.3) is 5.65 Å². The van der Waals surface area contributed by atoms with Crippen molar-refractivity contribution in [3.05, 3.63) is 23.1 Å². The van der Waals surface area contributed by atoms with Crippen LogP contribution in [-0.2, 0) is 0 Å². The molecule has 0 radical (unpaired) electrons. The lowest BCUT2D eigenvalue weighted by atomic mass is 10.5. The molecule has 0 aliphatic rings. The molecule has 0 fully saturated rings. The summed E-state index contributed by atoms with van der Waals surface area (Å²) in [6.45, 7) is 0. The van der Waals surface area contributed by atoms with E-state index in [2.05, 4.69) is 10.1 Å². The molecule has 0 atom stereocenters. The minimum absolute atomic E-state index is 0.0718. The summed E-state index contributed by atoms with van der Waals surface area (Å²) in [6, 6.07) is 1.16. The number of fused-ring (bicyclic) bond motifs is 1. The van der Waals surface area contributed by atoms with Crippen LogP contribution < -0.4 is 5.73 Å². The van der Waals surface area contributed by atoms with Gasteiger partial charge in [0.2, 0.25) is 5.95 Å². The lowest BCUT2D eigenvalue weighted by molar-refractivity contribution is 0.615. The summed E-state index contributed by atoms with van der Waals surface area (Å²) in [6.07, 6.45) is 1.16. The Hall–Kier alpha value is -1.36. The number of aromatic nitrogens is 3. The van der Waals surface area contributed by atoms with Crippen molar-refractivity contribution in [2.24, 2.45) is 0 Å². The monoisotopic (exact) mass is 186 g/mol. The maximum atomic E-state index is 12.7. The van der Waals surface area contributed by atoms with E-state index in [1.54, 1.807) is 0 Å². The minimum Gasteiger partial charge on any atom is -0.366 e. The van der Waals surface area contributed by atoms with E-state index in [1.807, 2.05) is 0 Å². The van der Waals surface area contributed by atoms with Gasteiger partial charge in [-0.25, -0.2) is 8.91 Å². The third-order valence-electron chi connectivity index (χ3n) is 1.37. The molecule has 0 aliphatic carbocycles. The Balaban J connectivity index is 2.88. The fraction of sp³-hybridized carbons (Fsp3) is 0. The highest BCUT2D eigenvalue weighted by Gasteiger charge is 2.05. The fourth-order valence-electron chi connectivity index (χ4n) is 0.932. The minimum atomic E-state index is -0.475. The maximum absolute atomic E-state index is 12.7. The van der Waals surface area contributed by atoms with Crippen LogP contribution in [0.2, 0.25) is 5.02 Å². The van der Waals surface area contributed by atoms with E-state index < -0.39 is 5.82 Å². The van der Waals surface area contributed by atoms with Crippen molar-refractivity contribution < 1.29 is 4.39 Å². The number of nitrogen functional groups attached to an aromatic ring is 1. The predicted molar refractivity (Wildman–Crippen MR) is 42.4 cm³/mol. The van der Waals surface area contributed by atoms with Gasteiger partial charge in [0, 0.05) is 0 Å². The molecular weight excluding hydrogens is 183 g/mol. The van der Waals surface area contributed by atoms with E-state index >= 15 is 0 Å². The van der Waals surface area contributed by atoms with Gasteiger partial charge in [0.1, 0.15) is 5.82 Å². The second-order valence-electron chi connectivity index (χ2n) is 2.24. The van der Waals surface area contributed by atoms with Gasteiger partial charge in [-0.3, -0.25) is 0 Å². The smallest absolute Gasteiger partial charge is 0.240 e. The number of rotatable bonds is 0. The number of pyridine rings is 1. The van der Waals surface area contributed by atoms with Crippen molar-refractivity contribution in [3.8, 4) is 0 Å². The van der Waals surface area contributed by atoms with Crippen LogP contribution >= 0.6 is 11.6 Å². The summed E-state index contributed by atoms with van der Waals surface area (Å²) in [5, 5.41) is 3.89. The summed E-state index contributed by atoms with van der Waals surface area (Å²) in [5.41, 5.74) is 5.64. The number of halogens is 2. The molecule has 2 rings (SSSR count). The van der Waals surface area contributed by atoms with E-state index in [4.69, 9.17) is 17.3 Å². The van der Waals surface area contributed by atoms with Crippen LogP contribution in [0.3, 0.4) is 0 Å². The molecule has 0 saturated heterocycles.